The van der Waals surface area contributed by atoms with Crippen LogP contribution in [0.3, 0.4) is 0 Å². The van der Waals surface area contributed by atoms with E-state index >= 15 is 0 Å². The summed E-state index contributed by atoms with van der Waals surface area (Å²) in [5, 5.41) is 0.924. The average molecular weight is 340 g/mol. The van der Waals surface area contributed by atoms with Crippen LogP contribution in [-0.4, -0.2) is 23.4 Å². The topological polar surface area (TPSA) is 40.5 Å². The second-order valence-corrected chi connectivity index (χ2v) is 6.43. The van der Waals surface area contributed by atoms with Crippen LogP contribution in [0.1, 0.15) is 26.3 Å². The molecule has 0 saturated heterocycles. The minimum atomic E-state index is -0.523. The van der Waals surface area contributed by atoms with Gasteiger partial charge in [-0.2, -0.15) is 0 Å². The molecular weight excluding hydrogens is 322 g/mol. The van der Waals surface area contributed by atoms with Crippen LogP contribution in [0, 0.1) is 6.92 Å². The number of methoxy groups -OCH3 is 1. The van der Waals surface area contributed by atoms with Gasteiger partial charge in [0.25, 0.3) is 0 Å². The Kier molecular flexibility index (Phi) is 3.82. The number of carbonyl (C=O) groups excluding carboxylic acids is 1. The van der Waals surface area contributed by atoms with E-state index in [1.54, 1.807) is 13.3 Å². The van der Waals surface area contributed by atoms with E-state index < -0.39 is 5.60 Å². The van der Waals surface area contributed by atoms with Crippen molar-refractivity contribution in [1.29, 1.82) is 0 Å². The number of benzene rings is 1. The van der Waals surface area contributed by atoms with Crippen molar-refractivity contribution < 1.29 is 14.3 Å². The molecule has 0 saturated carbocycles. The van der Waals surface area contributed by atoms with Gasteiger partial charge in [0.15, 0.2) is 0 Å². The highest BCUT2D eigenvalue weighted by molar-refractivity contribution is 9.10. The Morgan fingerprint density at radius 1 is 1.35 bits per heavy atom. The SMILES string of the molecule is COc1cc(C)c2c(ccn2C(=O)OC(C)(C)C)c1Br. The maximum atomic E-state index is 12.2. The first kappa shape index (κ1) is 14.9. The fraction of sp³-hybridized carbons (Fsp3) is 0.400. The van der Waals surface area contributed by atoms with E-state index in [-0.39, 0.29) is 6.09 Å². The van der Waals surface area contributed by atoms with Crippen LogP contribution in [0.2, 0.25) is 0 Å². The average Bonchev–Trinajstić information content (AvgIpc) is 2.77. The van der Waals surface area contributed by atoms with Gasteiger partial charge in [0.05, 0.1) is 17.1 Å². The van der Waals surface area contributed by atoms with Gasteiger partial charge < -0.3 is 9.47 Å². The van der Waals surface area contributed by atoms with Crippen LogP contribution < -0.4 is 4.74 Å². The lowest BCUT2D eigenvalue weighted by molar-refractivity contribution is 0.0544. The minimum absolute atomic E-state index is 0.382. The largest absolute Gasteiger partial charge is 0.496 e. The minimum Gasteiger partial charge on any atom is -0.496 e. The summed E-state index contributed by atoms with van der Waals surface area (Å²) in [6, 6.07) is 3.77. The normalized spacial score (nSPS) is 11.7. The number of rotatable bonds is 1. The van der Waals surface area contributed by atoms with E-state index in [9.17, 15) is 4.79 Å². The lowest BCUT2D eigenvalue weighted by Gasteiger charge is -2.20. The standard InChI is InChI=1S/C15H18BrNO3/c1-9-8-11(19-5)12(16)10-6-7-17(13(9)10)14(18)20-15(2,3)4/h6-8H,1-5H3. The molecule has 0 bridgehead atoms. The first-order chi connectivity index (χ1) is 9.24. The molecule has 0 aliphatic rings. The number of nitrogens with zero attached hydrogens (tertiary/aromatic N) is 1. The number of halogens is 1. The van der Waals surface area contributed by atoms with Gasteiger partial charge in [0, 0.05) is 11.6 Å². The first-order valence-electron chi connectivity index (χ1n) is 6.32. The Morgan fingerprint density at radius 3 is 2.55 bits per heavy atom. The molecule has 0 atom stereocenters. The third-order valence-electron chi connectivity index (χ3n) is 2.87. The zero-order valence-corrected chi connectivity index (χ0v) is 13.9. The molecule has 0 aliphatic heterocycles. The lowest BCUT2D eigenvalue weighted by atomic mass is 10.1. The predicted octanol–water partition coefficient (Wildman–Crippen LogP) is 4.50. The summed E-state index contributed by atoms with van der Waals surface area (Å²) in [6.07, 6.45) is 1.34. The predicted molar refractivity (Wildman–Crippen MR) is 82.6 cm³/mol. The number of hydrogen-bond donors (Lipinski definition) is 0. The Labute approximate surface area is 126 Å². The van der Waals surface area contributed by atoms with Crippen LogP contribution in [-0.2, 0) is 4.74 Å². The van der Waals surface area contributed by atoms with E-state index in [0.717, 1.165) is 26.7 Å². The summed E-state index contributed by atoms with van der Waals surface area (Å²) < 4.78 is 13.1. The molecule has 1 aromatic heterocycles. The number of aromatic nitrogens is 1. The van der Waals surface area contributed by atoms with E-state index in [1.807, 2.05) is 39.8 Å². The van der Waals surface area contributed by atoms with Crippen molar-refractivity contribution >= 4 is 32.9 Å². The summed E-state index contributed by atoms with van der Waals surface area (Å²) in [5.74, 6) is 0.747. The molecule has 2 rings (SSSR count). The quantitative estimate of drug-likeness (QED) is 0.767. The van der Waals surface area contributed by atoms with Gasteiger partial charge in [-0.25, -0.2) is 4.79 Å². The molecule has 2 aromatic rings. The fourth-order valence-electron chi connectivity index (χ4n) is 2.08. The van der Waals surface area contributed by atoms with Gasteiger partial charge >= 0.3 is 6.09 Å². The summed E-state index contributed by atoms with van der Waals surface area (Å²) in [6.45, 7) is 7.49. The van der Waals surface area contributed by atoms with E-state index in [4.69, 9.17) is 9.47 Å². The Hall–Kier alpha value is -1.49. The fourth-order valence-corrected chi connectivity index (χ4v) is 2.68. The van der Waals surface area contributed by atoms with Crippen molar-refractivity contribution in [3.05, 3.63) is 28.4 Å². The number of hydrogen-bond acceptors (Lipinski definition) is 3. The first-order valence-corrected chi connectivity index (χ1v) is 7.11. The van der Waals surface area contributed by atoms with E-state index in [2.05, 4.69) is 15.9 Å². The molecule has 108 valence electrons. The molecule has 5 heteroatoms. The molecule has 0 N–H and O–H groups in total. The maximum Gasteiger partial charge on any atom is 0.419 e. The van der Waals surface area contributed by atoms with Crippen molar-refractivity contribution in [2.75, 3.05) is 7.11 Å². The van der Waals surface area contributed by atoms with Gasteiger partial charge in [0.2, 0.25) is 0 Å². The van der Waals surface area contributed by atoms with Crippen LogP contribution in [0.25, 0.3) is 10.9 Å². The molecule has 4 nitrogen and oxygen atoms in total. The molecule has 1 heterocycles. The Bertz CT molecular complexity index is 668. The van der Waals surface area contributed by atoms with E-state index in [1.165, 1.54) is 4.57 Å². The van der Waals surface area contributed by atoms with Crippen LogP contribution in [0.15, 0.2) is 22.8 Å². The van der Waals surface area contributed by atoms with Crippen LogP contribution >= 0.6 is 15.9 Å². The molecule has 0 radical (unpaired) electrons. The second kappa shape index (κ2) is 5.13. The Balaban J connectivity index is 2.58. The number of carbonyl (C=O) groups is 1. The zero-order chi connectivity index (χ0) is 15.1. The molecule has 0 fully saturated rings. The molecular formula is C15H18BrNO3. The highest BCUT2D eigenvalue weighted by Crippen LogP contribution is 2.36. The Morgan fingerprint density at radius 2 is 2.00 bits per heavy atom. The third-order valence-corrected chi connectivity index (χ3v) is 3.69. The summed E-state index contributed by atoms with van der Waals surface area (Å²) in [5.41, 5.74) is 1.26. The smallest absolute Gasteiger partial charge is 0.419 e. The highest BCUT2D eigenvalue weighted by atomic mass is 79.9. The van der Waals surface area contributed by atoms with Gasteiger partial charge in [-0.1, -0.05) is 0 Å². The van der Waals surface area contributed by atoms with Gasteiger partial charge in [0.1, 0.15) is 11.4 Å². The summed E-state index contributed by atoms with van der Waals surface area (Å²) >= 11 is 3.51. The van der Waals surface area contributed by atoms with Crippen molar-refractivity contribution in [2.24, 2.45) is 0 Å². The molecule has 1 aromatic carbocycles. The number of ether oxygens (including phenoxy) is 2. The van der Waals surface area contributed by atoms with E-state index in [0.29, 0.717) is 0 Å². The van der Waals surface area contributed by atoms with Crippen molar-refractivity contribution in [1.82, 2.24) is 4.57 Å². The monoisotopic (exact) mass is 339 g/mol. The molecule has 0 spiro atoms. The van der Waals surface area contributed by atoms with Crippen molar-refractivity contribution in [2.45, 2.75) is 33.3 Å². The van der Waals surface area contributed by atoms with Gasteiger partial charge in [-0.05, 0) is 61.3 Å². The van der Waals surface area contributed by atoms with Gasteiger partial charge in [-0.15, -0.1) is 0 Å². The molecule has 0 unspecified atom stereocenters. The molecule has 20 heavy (non-hydrogen) atoms. The molecule has 0 aliphatic carbocycles. The van der Waals surface area contributed by atoms with Crippen LogP contribution in [0.4, 0.5) is 4.79 Å². The summed E-state index contributed by atoms with van der Waals surface area (Å²) in [4.78, 5) is 12.2. The van der Waals surface area contributed by atoms with Gasteiger partial charge in [-0.3, -0.25) is 4.57 Å². The third kappa shape index (κ3) is 2.68. The second-order valence-electron chi connectivity index (χ2n) is 5.64. The lowest BCUT2D eigenvalue weighted by Crippen LogP contribution is -2.26. The van der Waals surface area contributed by atoms with Crippen molar-refractivity contribution in [3.63, 3.8) is 0 Å². The zero-order valence-electron chi connectivity index (χ0n) is 12.3. The number of fused-ring (bicyclic) bond motifs is 1. The van der Waals surface area contributed by atoms with Crippen molar-refractivity contribution in [3.8, 4) is 5.75 Å². The number of aryl methyl sites for hydroxylation is 1. The maximum absolute atomic E-state index is 12.2. The summed E-state index contributed by atoms with van der Waals surface area (Å²) in [7, 11) is 1.62. The highest BCUT2D eigenvalue weighted by Gasteiger charge is 2.21. The van der Waals surface area contributed by atoms with Crippen LogP contribution in [0.5, 0.6) is 5.75 Å². The molecule has 0 amide bonds.